The van der Waals surface area contributed by atoms with Crippen molar-refractivity contribution in [2.75, 3.05) is 6.61 Å². The van der Waals surface area contributed by atoms with Crippen molar-refractivity contribution in [2.45, 2.75) is 39.7 Å². The van der Waals surface area contributed by atoms with Gasteiger partial charge in [0.1, 0.15) is 0 Å². The summed E-state index contributed by atoms with van der Waals surface area (Å²) in [4.78, 5) is 31.8. The van der Waals surface area contributed by atoms with Crippen molar-refractivity contribution >= 4 is 33.9 Å². The number of carbonyl (C=O) groups excluding carboxylic acids is 2. The molecule has 1 N–H and O–H groups in total. The summed E-state index contributed by atoms with van der Waals surface area (Å²) < 4.78 is 15.5. The number of hydrogen-bond donors (Lipinski definition) is 1. The highest BCUT2D eigenvalue weighted by Gasteiger charge is 2.21. The highest BCUT2D eigenvalue weighted by Crippen LogP contribution is 2.30. The standard InChI is InChI=1S/C20H22N2O5/c1-4-5-10-25-19(23)18-17-14(13-8-6-7-9-15(13)21-17)11-16(22-18)27-20(24)26-12(2)3/h6-9,11-12,21H,4-5,10H2,1-3H3. The molecule has 0 amide bonds. The molecule has 0 spiro atoms. The van der Waals surface area contributed by atoms with Gasteiger partial charge in [0.05, 0.1) is 18.2 Å². The smallest absolute Gasteiger partial charge is 0.461 e. The Morgan fingerprint density at radius 1 is 1.19 bits per heavy atom. The van der Waals surface area contributed by atoms with Crippen LogP contribution < -0.4 is 4.74 Å². The van der Waals surface area contributed by atoms with E-state index in [-0.39, 0.29) is 17.7 Å². The van der Waals surface area contributed by atoms with Crippen molar-refractivity contribution in [3.63, 3.8) is 0 Å². The number of rotatable bonds is 6. The zero-order valence-corrected chi connectivity index (χ0v) is 15.6. The van der Waals surface area contributed by atoms with Crippen LogP contribution in [0.25, 0.3) is 21.8 Å². The number of carbonyl (C=O) groups is 2. The lowest BCUT2D eigenvalue weighted by Gasteiger charge is -2.09. The molecule has 7 nitrogen and oxygen atoms in total. The molecule has 0 radical (unpaired) electrons. The van der Waals surface area contributed by atoms with Gasteiger partial charge in [0, 0.05) is 22.4 Å². The number of aromatic nitrogens is 2. The Morgan fingerprint density at radius 3 is 2.70 bits per heavy atom. The molecule has 0 aliphatic carbocycles. The lowest BCUT2D eigenvalue weighted by Crippen LogP contribution is -2.17. The summed E-state index contributed by atoms with van der Waals surface area (Å²) in [5.41, 5.74) is 1.47. The molecule has 0 aliphatic rings. The quantitative estimate of drug-likeness (QED) is 0.504. The van der Waals surface area contributed by atoms with E-state index < -0.39 is 12.1 Å². The number of aromatic amines is 1. The van der Waals surface area contributed by atoms with Crippen LogP contribution in [0.15, 0.2) is 30.3 Å². The van der Waals surface area contributed by atoms with E-state index >= 15 is 0 Å². The third-order valence-corrected chi connectivity index (χ3v) is 3.92. The predicted octanol–water partition coefficient (Wildman–Crippen LogP) is 4.60. The Kier molecular flexibility index (Phi) is 5.59. The molecule has 0 atom stereocenters. The zero-order valence-electron chi connectivity index (χ0n) is 15.6. The van der Waals surface area contributed by atoms with Crippen molar-refractivity contribution in [1.82, 2.24) is 9.97 Å². The molecule has 0 saturated heterocycles. The Balaban J connectivity index is 2.04. The molecule has 7 heteroatoms. The fourth-order valence-electron chi connectivity index (χ4n) is 2.70. The van der Waals surface area contributed by atoms with Crippen LogP contribution in [0.2, 0.25) is 0 Å². The molecule has 2 aromatic heterocycles. The van der Waals surface area contributed by atoms with E-state index in [1.54, 1.807) is 19.9 Å². The maximum atomic E-state index is 12.5. The topological polar surface area (TPSA) is 90.5 Å². The van der Waals surface area contributed by atoms with Crippen molar-refractivity contribution in [3.05, 3.63) is 36.0 Å². The Hall–Kier alpha value is -3.09. The molecule has 3 rings (SSSR count). The third kappa shape index (κ3) is 4.19. The number of fused-ring (bicyclic) bond motifs is 3. The molecule has 27 heavy (non-hydrogen) atoms. The first-order valence-corrected chi connectivity index (χ1v) is 8.96. The maximum absolute atomic E-state index is 12.5. The van der Waals surface area contributed by atoms with E-state index in [1.807, 2.05) is 31.2 Å². The van der Waals surface area contributed by atoms with Crippen molar-refractivity contribution in [2.24, 2.45) is 0 Å². The summed E-state index contributed by atoms with van der Waals surface area (Å²) in [7, 11) is 0. The van der Waals surface area contributed by atoms with Crippen LogP contribution in [-0.4, -0.2) is 34.8 Å². The molecular formula is C20H22N2O5. The van der Waals surface area contributed by atoms with Gasteiger partial charge in [0.25, 0.3) is 0 Å². The third-order valence-electron chi connectivity index (χ3n) is 3.92. The first-order valence-electron chi connectivity index (χ1n) is 8.96. The van der Waals surface area contributed by atoms with Crippen LogP contribution in [0.1, 0.15) is 44.1 Å². The highest BCUT2D eigenvalue weighted by atomic mass is 16.7. The Morgan fingerprint density at radius 2 is 1.96 bits per heavy atom. The van der Waals surface area contributed by atoms with Crippen LogP contribution in [-0.2, 0) is 9.47 Å². The monoisotopic (exact) mass is 370 g/mol. The van der Waals surface area contributed by atoms with Gasteiger partial charge in [-0.2, -0.15) is 0 Å². The zero-order chi connectivity index (χ0) is 19.4. The number of unbranched alkanes of at least 4 members (excludes halogenated alkanes) is 1. The first-order chi connectivity index (χ1) is 13.0. The van der Waals surface area contributed by atoms with Gasteiger partial charge in [-0.1, -0.05) is 31.5 Å². The number of nitrogens with one attached hydrogen (secondary N) is 1. The van der Waals surface area contributed by atoms with E-state index in [0.717, 1.165) is 29.1 Å². The average Bonchev–Trinajstić information content (AvgIpc) is 2.99. The summed E-state index contributed by atoms with van der Waals surface area (Å²) in [6.45, 7) is 5.75. The first kappa shape index (κ1) is 18.7. The van der Waals surface area contributed by atoms with Gasteiger partial charge in [0.2, 0.25) is 5.88 Å². The lowest BCUT2D eigenvalue weighted by atomic mass is 10.1. The number of hydrogen-bond acceptors (Lipinski definition) is 6. The molecule has 1 aromatic carbocycles. The number of para-hydroxylation sites is 1. The summed E-state index contributed by atoms with van der Waals surface area (Å²) in [6, 6.07) is 9.20. The van der Waals surface area contributed by atoms with E-state index in [2.05, 4.69) is 9.97 Å². The highest BCUT2D eigenvalue weighted by molar-refractivity contribution is 6.13. The lowest BCUT2D eigenvalue weighted by molar-refractivity contribution is 0.0489. The number of nitrogens with zero attached hydrogens (tertiary/aromatic N) is 1. The van der Waals surface area contributed by atoms with Crippen LogP contribution >= 0.6 is 0 Å². The van der Waals surface area contributed by atoms with Crippen molar-refractivity contribution in [1.29, 1.82) is 0 Å². The van der Waals surface area contributed by atoms with Crippen LogP contribution in [0, 0.1) is 0 Å². The second-order valence-corrected chi connectivity index (χ2v) is 6.41. The van der Waals surface area contributed by atoms with Crippen LogP contribution in [0.5, 0.6) is 5.88 Å². The number of benzene rings is 1. The van der Waals surface area contributed by atoms with E-state index in [0.29, 0.717) is 12.1 Å². The molecule has 0 aliphatic heterocycles. The van der Waals surface area contributed by atoms with E-state index in [9.17, 15) is 9.59 Å². The van der Waals surface area contributed by atoms with Gasteiger partial charge in [-0.15, -0.1) is 0 Å². The van der Waals surface area contributed by atoms with E-state index in [1.165, 1.54) is 0 Å². The minimum Gasteiger partial charge on any atom is -0.461 e. The minimum atomic E-state index is -0.873. The minimum absolute atomic E-state index is 0.0136. The second-order valence-electron chi connectivity index (χ2n) is 6.41. The maximum Gasteiger partial charge on any atom is 0.515 e. The summed E-state index contributed by atoms with van der Waals surface area (Å²) in [5.74, 6) is -0.581. The summed E-state index contributed by atoms with van der Waals surface area (Å²) in [6.07, 6.45) is 0.473. The SMILES string of the molecule is CCCCOC(=O)c1nc(OC(=O)OC(C)C)cc2c1[nH]c1ccccc12. The largest absolute Gasteiger partial charge is 0.515 e. The predicted molar refractivity (Wildman–Crippen MR) is 101 cm³/mol. The average molecular weight is 370 g/mol. The number of pyridine rings is 1. The Labute approximate surface area is 156 Å². The van der Waals surface area contributed by atoms with Crippen molar-refractivity contribution in [3.8, 4) is 5.88 Å². The summed E-state index contributed by atoms with van der Waals surface area (Å²) in [5, 5.41) is 1.61. The van der Waals surface area contributed by atoms with Gasteiger partial charge in [0.15, 0.2) is 5.69 Å². The van der Waals surface area contributed by atoms with Gasteiger partial charge in [-0.3, -0.25) is 0 Å². The molecule has 0 bridgehead atoms. The molecule has 142 valence electrons. The number of H-pyrrole nitrogens is 1. The second kappa shape index (κ2) is 8.07. The fraction of sp³-hybridized carbons (Fsp3) is 0.350. The molecule has 2 heterocycles. The van der Waals surface area contributed by atoms with Crippen molar-refractivity contribution < 1.29 is 23.8 Å². The summed E-state index contributed by atoms with van der Waals surface area (Å²) >= 11 is 0. The van der Waals surface area contributed by atoms with Gasteiger partial charge < -0.3 is 19.2 Å². The Bertz CT molecular complexity index is 977. The van der Waals surface area contributed by atoms with Gasteiger partial charge in [-0.25, -0.2) is 14.6 Å². The molecule has 3 aromatic rings. The molecular weight excluding hydrogens is 348 g/mol. The molecule has 0 unspecified atom stereocenters. The van der Waals surface area contributed by atoms with E-state index in [4.69, 9.17) is 14.2 Å². The van der Waals surface area contributed by atoms with Gasteiger partial charge in [-0.05, 0) is 26.3 Å². The molecule has 0 saturated carbocycles. The molecule has 0 fully saturated rings. The van der Waals surface area contributed by atoms with Crippen LogP contribution in [0.3, 0.4) is 0 Å². The normalized spacial score (nSPS) is 11.1. The van der Waals surface area contributed by atoms with Gasteiger partial charge >= 0.3 is 12.1 Å². The number of ether oxygens (including phenoxy) is 3. The van der Waals surface area contributed by atoms with Crippen LogP contribution in [0.4, 0.5) is 4.79 Å². The number of esters is 1. The fourth-order valence-corrected chi connectivity index (χ4v) is 2.70.